The number of nitro benzene ring substituents is 1. The van der Waals surface area contributed by atoms with E-state index in [4.69, 9.17) is 27.7 Å². The molecule has 0 aliphatic carbocycles. The first kappa shape index (κ1) is 12.7. The fourth-order valence-corrected chi connectivity index (χ4v) is 1.95. The molecule has 2 rings (SSSR count). The summed E-state index contributed by atoms with van der Waals surface area (Å²) in [5.74, 6) is 0.598. The fourth-order valence-electron chi connectivity index (χ4n) is 1.34. The van der Waals surface area contributed by atoms with E-state index < -0.39 is 4.92 Å². The summed E-state index contributed by atoms with van der Waals surface area (Å²) in [6.07, 6.45) is 1.51. The number of benzene rings is 1. The van der Waals surface area contributed by atoms with Crippen LogP contribution in [0.15, 0.2) is 28.9 Å². The van der Waals surface area contributed by atoms with Gasteiger partial charge in [-0.05, 0) is 0 Å². The van der Waals surface area contributed by atoms with Gasteiger partial charge in [0.2, 0.25) is 0 Å². The minimum absolute atomic E-state index is 0.157. The molecule has 8 heteroatoms. The average molecular weight is 288 g/mol. The van der Waals surface area contributed by atoms with Gasteiger partial charge in [0.25, 0.3) is 5.69 Å². The van der Waals surface area contributed by atoms with Crippen LogP contribution in [0.1, 0.15) is 5.76 Å². The second-order valence-electron chi connectivity index (χ2n) is 3.37. The number of non-ortho nitro benzene ring substituents is 1. The topological polar surface area (TPSA) is 81.2 Å². The molecule has 0 aliphatic rings. The number of anilines is 1. The van der Waals surface area contributed by atoms with Crippen molar-refractivity contribution in [3.8, 4) is 0 Å². The molecule has 1 heterocycles. The van der Waals surface area contributed by atoms with Crippen LogP contribution in [0.25, 0.3) is 0 Å². The lowest BCUT2D eigenvalue weighted by Crippen LogP contribution is -2.00. The summed E-state index contributed by atoms with van der Waals surface area (Å²) in [4.78, 5) is 10.0. The van der Waals surface area contributed by atoms with E-state index in [0.717, 1.165) is 0 Å². The number of nitrogens with one attached hydrogen (secondary N) is 1. The Morgan fingerprint density at radius 3 is 2.56 bits per heavy atom. The maximum absolute atomic E-state index is 10.6. The molecule has 1 N–H and O–H groups in total. The van der Waals surface area contributed by atoms with Crippen molar-refractivity contribution in [1.29, 1.82) is 0 Å². The number of halogens is 2. The zero-order chi connectivity index (χ0) is 13.1. The number of nitrogens with zero attached hydrogens (tertiary/aromatic N) is 2. The summed E-state index contributed by atoms with van der Waals surface area (Å²) in [7, 11) is 0. The van der Waals surface area contributed by atoms with Crippen LogP contribution in [0.2, 0.25) is 10.0 Å². The van der Waals surface area contributed by atoms with Gasteiger partial charge in [0.1, 0.15) is 0 Å². The van der Waals surface area contributed by atoms with Crippen LogP contribution in [0.4, 0.5) is 11.4 Å². The first-order valence-electron chi connectivity index (χ1n) is 4.85. The van der Waals surface area contributed by atoms with Crippen molar-refractivity contribution in [3.05, 3.63) is 50.3 Å². The van der Waals surface area contributed by atoms with Gasteiger partial charge in [0, 0.05) is 18.2 Å². The summed E-state index contributed by atoms with van der Waals surface area (Å²) in [5.41, 5.74) is 0.260. The van der Waals surface area contributed by atoms with Crippen LogP contribution in [0.3, 0.4) is 0 Å². The van der Waals surface area contributed by atoms with Gasteiger partial charge in [-0.1, -0.05) is 28.4 Å². The van der Waals surface area contributed by atoms with E-state index >= 15 is 0 Å². The second kappa shape index (κ2) is 5.24. The first-order valence-corrected chi connectivity index (χ1v) is 5.60. The third-order valence-corrected chi connectivity index (χ3v) is 2.76. The molecule has 0 bridgehead atoms. The lowest BCUT2D eigenvalue weighted by Gasteiger charge is -2.08. The van der Waals surface area contributed by atoms with Gasteiger partial charge in [-0.15, -0.1) is 0 Å². The Morgan fingerprint density at radius 1 is 1.39 bits per heavy atom. The van der Waals surface area contributed by atoms with E-state index in [1.165, 1.54) is 18.3 Å². The molecule has 18 heavy (non-hydrogen) atoms. The monoisotopic (exact) mass is 287 g/mol. The maximum Gasteiger partial charge on any atom is 0.272 e. The quantitative estimate of drug-likeness (QED) is 0.687. The van der Waals surface area contributed by atoms with E-state index in [-0.39, 0.29) is 15.7 Å². The molecular formula is C10H7Cl2N3O3. The zero-order valence-electron chi connectivity index (χ0n) is 8.89. The Balaban J connectivity index is 2.20. The van der Waals surface area contributed by atoms with E-state index in [1.54, 1.807) is 6.07 Å². The standard InChI is InChI=1S/C10H7Cl2N3O3/c11-8-3-6(15(16)17)4-9(12)10(8)13-5-7-1-2-14-18-7/h1-4,13H,5H2. The van der Waals surface area contributed by atoms with E-state index in [9.17, 15) is 10.1 Å². The minimum atomic E-state index is -0.558. The normalized spacial score (nSPS) is 10.3. The van der Waals surface area contributed by atoms with Gasteiger partial charge in [-0.2, -0.15) is 0 Å². The molecule has 2 aromatic rings. The minimum Gasteiger partial charge on any atom is -0.375 e. The van der Waals surface area contributed by atoms with Crippen molar-refractivity contribution >= 4 is 34.6 Å². The largest absolute Gasteiger partial charge is 0.375 e. The molecule has 0 unspecified atom stereocenters. The summed E-state index contributed by atoms with van der Waals surface area (Å²) >= 11 is 11.8. The zero-order valence-corrected chi connectivity index (χ0v) is 10.4. The van der Waals surface area contributed by atoms with Gasteiger partial charge >= 0.3 is 0 Å². The summed E-state index contributed by atoms with van der Waals surface area (Å²) in [5, 5.41) is 17.4. The van der Waals surface area contributed by atoms with Crippen molar-refractivity contribution in [2.24, 2.45) is 0 Å². The van der Waals surface area contributed by atoms with E-state index in [1.807, 2.05) is 0 Å². The van der Waals surface area contributed by atoms with Gasteiger partial charge < -0.3 is 9.84 Å². The van der Waals surface area contributed by atoms with Crippen LogP contribution < -0.4 is 5.32 Å². The SMILES string of the molecule is O=[N+]([O-])c1cc(Cl)c(NCc2ccno2)c(Cl)c1. The van der Waals surface area contributed by atoms with Gasteiger partial charge in [-0.25, -0.2) is 0 Å². The third-order valence-electron chi connectivity index (χ3n) is 2.17. The van der Waals surface area contributed by atoms with Gasteiger partial charge in [0.15, 0.2) is 5.76 Å². The molecule has 0 spiro atoms. The lowest BCUT2D eigenvalue weighted by molar-refractivity contribution is -0.384. The van der Waals surface area contributed by atoms with Crippen LogP contribution in [-0.2, 0) is 6.54 Å². The Morgan fingerprint density at radius 2 is 2.06 bits per heavy atom. The molecule has 6 nitrogen and oxygen atoms in total. The van der Waals surface area contributed by atoms with Crippen LogP contribution in [0, 0.1) is 10.1 Å². The van der Waals surface area contributed by atoms with Crippen molar-refractivity contribution < 1.29 is 9.45 Å². The van der Waals surface area contributed by atoms with Crippen molar-refractivity contribution in [2.75, 3.05) is 5.32 Å². The number of aromatic nitrogens is 1. The van der Waals surface area contributed by atoms with Gasteiger partial charge in [-0.3, -0.25) is 10.1 Å². The predicted molar refractivity (Wildman–Crippen MR) is 66.9 cm³/mol. The summed E-state index contributed by atoms with van der Waals surface area (Å²) in [6, 6.07) is 4.15. The lowest BCUT2D eigenvalue weighted by atomic mass is 10.2. The molecule has 94 valence electrons. The Labute approximate surface area is 112 Å². The molecule has 1 aromatic carbocycles. The molecule has 0 atom stereocenters. The van der Waals surface area contributed by atoms with Crippen LogP contribution in [0.5, 0.6) is 0 Å². The van der Waals surface area contributed by atoms with E-state index in [2.05, 4.69) is 10.5 Å². The molecular weight excluding hydrogens is 281 g/mol. The molecule has 0 fully saturated rings. The number of hydrogen-bond donors (Lipinski definition) is 1. The number of rotatable bonds is 4. The van der Waals surface area contributed by atoms with Crippen LogP contribution >= 0.6 is 23.2 Å². The Hall–Kier alpha value is -1.79. The second-order valence-corrected chi connectivity index (χ2v) is 4.19. The Kier molecular flexibility index (Phi) is 3.69. The summed E-state index contributed by atoms with van der Waals surface area (Å²) < 4.78 is 4.89. The molecule has 0 aliphatic heterocycles. The highest BCUT2D eigenvalue weighted by molar-refractivity contribution is 6.39. The number of nitro groups is 1. The highest BCUT2D eigenvalue weighted by Gasteiger charge is 2.14. The van der Waals surface area contributed by atoms with Gasteiger partial charge in [0.05, 0.1) is 33.4 Å². The molecule has 0 radical (unpaired) electrons. The Bertz CT molecular complexity index is 549. The molecule has 0 saturated heterocycles. The highest BCUT2D eigenvalue weighted by atomic mass is 35.5. The number of hydrogen-bond acceptors (Lipinski definition) is 5. The first-order chi connectivity index (χ1) is 8.58. The average Bonchev–Trinajstić information content (AvgIpc) is 2.80. The predicted octanol–water partition coefficient (Wildman–Crippen LogP) is 3.50. The van der Waals surface area contributed by atoms with Crippen molar-refractivity contribution in [1.82, 2.24) is 5.16 Å². The maximum atomic E-state index is 10.6. The third kappa shape index (κ3) is 2.72. The highest BCUT2D eigenvalue weighted by Crippen LogP contribution is 2.34. The summed E-state index contributed by atoms with van der Waals surface area (Å²) in [6.45, 7) is 0.331. The fraction of sp³-hybridized carbons (Fsp3) is 0.100. The van der Waals surface area contributed by atoms with Crippen LogP contribution in [-0.4, -0.2) is 10.1 Å². The molecule has 1 aromatic heterocycles. The molecule has 0 saturated carbocycles. The molecule has 0 amide bonds. The van der Waals surface area contributed by atoms with E-state index in [0.29, 0.717) is 18.0 Å². The smallest absolute Gasteiger partial charge is 0.272 e. The van der Waals surface area contributed by atoms with Crippen molar-refractivity contribution in [3.63, 3.8) is 0 Å². The van der Waals surface area contributed by atoms with Crippen molar-refractivity contribution in [2.45, 2.75) is 6.54 Å².